The zero-order chi connectivity index (χ0) is 8.32. The maximum atomic E-state index is 10.2. The van der Waals surface area contributed by atoms with E-state index in [2.05, 4.69) is 0 Å². The third kappa shape index (κ3) is 0.439. The lowest BCUT2D eigenvalue weighted by Gasteiger charge is -2.30. The summed E-state index contributed by atoms with van der Waals surface area (Å²) in [4.78, 5) is 0. The van der Waals surface area contributed by atoms with E-state index in [4.69, 9.17) is 0 Å². The van der Waals surface area contributed by atoms with Crippen LogP contribution in [0.25, 0.3) is 0 Å². The van der Waals surface area contributed by atoms with Crippen LogP contribution in [-0.4, -0.2) is 11.2 Å². The lowest BCUT2D eigenvalue weighted by atomic mass is 9.77. The van der Waals surface area contributed by atoms with Crippen molar-refractivity contribution in [2.75, 3.05) is 0 Å². The quantitative estimate of drug-likeness (QED) is 0.593. The monoisotopic (exact) mass is 176 g/mol. The summed E-state index contributed by atoms with van der Waals surface area (Å²) in [5.74, 6) is 7.68. The summed E-state index contributed by atoms with van der Waals surface area (Å²) in [5, 5.41) is 10.2. The van der Waals surface area contributed by atoms with Gasteiger partial charge >= 0.3 is 0 Å². The van der Waals surface area contributed by atoms with Crippen molar-refractivity contribution in [2.45, 2.75) is 25.4 Å². The lowest BCUT2D eigenvalue weighted by Crippen LogP contribution is -2.32. The molecule has 0 amide bonds. The summed E-state index contributed by atoms with van der Waals surface area (Å²) in [6.07, 6.45) is 4.59. The van der Waals surface area contributed by atoms with Gasteiger partial charge in [-0.3, -0.25) is 0 Å². The molecule has 0 radical (unpaired) electrons. The Kier molecular flexibility index (Phi) is 0.793. The Morgan fingerprint density at radius 1 is 0.692 bits per heavy atom. The first kappa shape index (κ1) is 6.44. The highest BCUT2D eigenvalue weighted by molar-refractivity contribution is 5.23. The molecule has 0 heterocycles. The summed E-state index contributed by atoms with van der Waals surface area (Å²) in [5.41, 5.74) is 0. The normalized spacial score (nSPS) is 80.5. The number of aliphatic hydroxyl groups is 1. The highest BCUT2D eigenvalue weighted by Crippen LogP contribution is 2.78. The molecule has 5 saturated carbocycles. The average Bonchev–Trinajstić information content (AvgIpc) is 2.74. The van der Waals surface area contributed by atoms with Crippen LogP contribution in [0, 0.1) is 47.3 Å². The fourth-order valence-electron chi connectivity index (χ4n) is 6.70. The van der Waals surface area contributed by atoms with Crippen LogP contribution in [-0.2, 0) is 0 Å². The van der Waals surface area contributed by atoms with Crippen LogP contribution >= 0.6 is 0 Å². The summed E-state index contributed by atoms with van der Waals surface area (Å²) < 4.78 is 0. The second kappa shape index (κ2) is 1.60. The molecule has 9 atom stereocenters. The van der Waals surface area contributed by atoms with E-state index < -0.39 is 0 Å². The first-order valence-corrected chi connectivity index (χ1v) is 6.04. The van der Waals surface area contributed by atoms with Gasteiger partial charge in [0, 0.05) is 0 Å². The second-order valence-corrected chi connectivity index (χ2v) is 6.35. The van der Waals surface area contributed by atoms with Gasteiger partial charge in [-0.15, -0.1) is 0 Å². The van der Waals surface area contributed by atoms with Gasteiger partial charge in [0.2, 0.25) is 0 Å². The molecule has 0 aromatic heterocycles. The van der Waals surface area contributed by atoms with Gasteiger partial charge < -0.3 is 5.11 Å². The summed E-state index contributed by atoms with van der Waals surface area (Å²) >= 11 is 0. The molecule has 1 heteroatoms. The lowest BCUT2D eigenvalue weighted by molar-refractivity contribution is 0.0327. The van der Waals surface area contributed by atoms with Crippen molar-refractivity contribution in [3.8, 4) is 0 Å². The van der Waals surface area contributed by atoms with Crippen molar-refractivity contribution in [1.29, 1.82) is 0 Å². The standard InChI is InChI=1S/C12H16O/c13-12-8-3-7-10-5-1-4(9(8)10)2-6(5)11(7)12/h4-13H,1-3H2. The maximum absolute atomic E-state index is 10.2. The Balaban J connectivity index is 1.82. The Bertz CT molecular complexity index is 290. The van der Waals surface area contributed by atoms with Gasteiger partial charge in [-0.25, -0.2) is 0 Å². The molecule has 0 aromatic rings. The number of hydrogen-bond donors (Lipinski definition) is 1. The van der Waals surface area contributed by atoms with Gasteiger partial charge in [-0.1, -0.05) is 0 Å². The first-order valence-electron chi connectivity index (χ1n) is 6.04. The fourth-order valence-corrected chi connectivity index (χ4v) is 6.70. The largest absolute Gasteiger partial charge is 0.393 e. The van der Waals surface area contributed by atoms with Crippen molar-refractivity contribution in [2.24, 2.45) is 47.3 Å². The molecule has 0 aliphatic heterocycles. The van der Waals surface area contributed by atoms with Crippen molar-refractivity contribution >= 4 is 0 Å². The predicted molar refractivity (Wildman–Crippen MR) is 47.8 cm³/mol. The van der Waals surface area contributed by atoms with Gasteiger partial charge in [0.15, 0.2) is 0 Å². The topological polar surface area (TPSA) is 20.2 Å². The van der Waals surface area contributed by atoms with E-state index in [0.29, 0.717) is 0 Å². The minimum Gasteiger partial charge on any atom is -0.393 e. The van der Waals surface area contributed by atoms with Crippen molar-refractivity contribution < 1.29 is 5.11 Å². The molecule has 5 aliphatic carbocycles. The zero-order valence-electron chi connectivity index (χ0n) is 7.76. The Labute approximate surface area is 78.5 Å². The van der Waals surface area contributed by atoms with Gasteiger partial charge in [0.05, 0.1) is 6.10 Å². The van der Waals surface area contributed by atoms with E-state index in [9.17, 15) is 5.11 Å². The van der Waals surface area contributed by atoms with E-state index in [1.807, 2.05) is 0 Å². The number of rotatable bonds is 0. The molecule has 0 spiro atoms. The SMILES string of the molecule is OC1C2CC3C1C1CC4CC1C3C42. The van der Waals surface area contributed by atoms with E-state index >= 15 is 0 Å². The summed E-state index contributed by atoms with van der Waals surface area (Å²) in [7, 11) is 0. The molecule has 1 nitrogen and oxygen atoms in total. The van der Waals surface area contributed by atoms with Crippen LogP contribution < -0.4 is 0 Å². The molecule has 0 aromatic carbocycles. The molecule has 0 saturated heterocycles. The molecule has 5 rings (SSSR count). The Morgan fingerprint density at radius 3 is 2.31 bits per heavy atom. The van der Waals surface area contributed by atoms with Crippen LogP contribution in [0.4, 0.5) is 0 Å². The molecule has 5 aliphatic rings. The van der Waals surface area contributed by atoms with E-state index in [1.165, 1.54) is 12.8 Å². The van der Waals surface area contributed by atoms with E-state index in [-0.39, 0.29) is 6.10 Å². The van der Waals surface area contributed by atoms with E-state index in [0.717, 1.165) is 47.3 Å². The Hall–Kier alpha value is -0.0400. The fraction of sp³-hybridized carbons (Fsp3) is 1.00. The molecule has 9 unspecified atom stereocenters. The molecular formula is C12H16O. The van der Waals surface area contributed by atoms with Gasteiger partial charge in [0.1, 0.15) is 0 Å². The minimum absolute atomic E-state index is 0.131. The van der Waals surface area contributed by atoms with Crippen LogP contribution in [0.3, 0.4) is 0 Å². The minimum atomic E-state index is 0.131. The van der Waals surface area contributed by atoms with Crippen molar-refractivity contribution in [3.63, 3.8) is 0 Å². The average molecular weight is 176 g/mol. The smallest absolute Gasteiger partial charge is 0.0605 e. The van der Waals surface area contributed by atoms with Crippen LogP contribution in [0.2, 0.25) is 0 Å². The highest BCUT2D eigenvalue weighted by Gasteiger charge is 2.75. The molecule has 4 bridgehead atoms. The van der Waals surface area contributed by atoms with Crippen LogP contribution in [0.15, 0.2) is 0 Å². The van der Waals surface area contributed by atoms with Crippen molar-refractivity contribution in [3.05, 3.63) is 0 Å². The number of aliphatic hydroxyl groups excluding tert-OH is 1. The number of fused-ring (bicyclic) bond motifs is 5. The molecule has 70 valence electrons. The Morgan fingerprint density at radius 2 is 1.46 bits per heavy atom. The van der Waals surface area contributed by atoms with Crippen LogP contribution in [0.1, 0.15) is 19.3 Å². The van der Waals surface area contributed by atoms with Gasteiger partial charge in [-0.05, 0) is 66.6 Å². The van der Waals surface area contributed by atoms with E-state index in [1.54, 1.807) is 6.42 Å². The highest BCUT2D eigenvalue weighted by atomic mass is 16.3. The summed E-state index contributed by atoms with van der Waals surface area (Å²) in [6.45, 7) is 0. The van der Waals surface area contributed by atoms with Crippen LogP contribution in [0.5, 0.6) is 0 Å². The maximum Gasteiger partial charge on any atom is 0.0605 e. The molecule has 1 N–H and O–H groups in total. The predicted octanol–water partition coefficient (Wildman–Crippen LogP) is 1.52. The van der Waals surface area contributed by atoms with Crippen molar-refractivity contribution in [1.82, 2.24) is 0 Å². The molecule has 13 heavy (non-hydrogen) atoms. The molecular weight excluding hydrogens is 160 g/mol. The number of hydrogen-bond acceptors (Lipinski definition) is 1. The molecule has 5 fully saturated rings. The second-order valence-electron chi connectivity index (χ2n) is 6.35. The third-order valence-corrected chi connectivity index (χ3v) is 6.54. The van der Waals surface area contributed by atoms with Gasteiger partial charge in [-0.2, -0.15) is 0 Å². The first-order chi connectivity index (χ1) is 6.36. The summed E-state index contributed by atoms with van der Waals surface area (Å²) in [6, 6.07) is 0. The zero-order valence-corrected chi connectivity index (χ0v) is 7.76. The third-order valence-electron chi connectivity index (χ3n) is 6.54. The van der Waals surface area contributed by atoms with Gasteiger partial charge in [0.25, 0.3) is 0 Å².